The van der Waals surface area contributed by atoms with Crippen LogP contribution >= 0.6 is 0 Å². The van der Waals surface area contributed by atoms with Crippen LogP contribution in [-0.2, 0) is 4.79 Å². The molecule has 1 aromatic rings. The number of nitrogens with two attached hydrogens (primary N) is 1. The molecule has 0 aromatic heterocycles. The molecule has 0 aliphatic carbocycles. The van der Waals surface area contributed by atoms with Crippen LogP contribution in [0.5, 0.6) is 11.5 Å². The molecule has 0 saturated carbocycles. The number of carboxylic acid groups (broad SMARTS) is 1. The van der Waals surface area contributed by atoms with Gasteiger partial charge < -0.3 is 20.3 Å². The van der Waals surface area contributed by atoms with Crippen LogP contribution in [0.4, 0.5) is 5.69 Å². The summed E-state index contributed by atoms with van der Waals surface area (Å²) in [5, 5.41) is 8.82. The van der Waals surface area contributed by atoms with Crippen LogP contribution in [0, 0.1) is 0 Å². The summed E-state index contributed by atoms with van der Waals surface area (Å²) in [6, 6.07) is 4.81. The van der Waals surface area contributed by atoms with Crippen molar-refractivity contribution in [1.29, 1.82) is 0 Å². The molecule has 0 aliphatic heterocycles. The quantitative estimate of drug-likeness (QED) is 0.742. The fourth-order valence-electron chi connectivity index (χ4n) is 1.26. The van der Waals surface area contributed by atoms with Crippen molar-refractivity contribution in [2.24, 2.45) is 0 Å². The summed E-state index contributed by atoms with van der Waals surface area (Å²) in [6.07, 6.45) is -0.464. The van der Waals surface area contributed by atoms with E-state index < -0.39 is 12.1 Å². The first-order valence-electron chi connectivity index (χ1n) is 4.91. The maximum atomic E-state index is 10.8. The third-order valence-electron chi connectivity index (χ3n) is 2.13. The average Bonchev–Trinajstić information content (AvgIpc) is 2.25. The van der Waals surface area contributed by atoms with Gasteiger partial charge in [-0.05, 0) is 18.6 Å². The first-order chi connectivity index (χ1) is 7.58. The highest BCUT2D eigenvalue weighted by atomic mass is 16.5. The largest absolute Gasteiger partial charge is 0.495 e. The topological polar surface area (TPSA) is 81.8 Å². The summed E-state index contributed by atoms with van der Waals surface area (Å²) in [5.41, 5.74) is 6.09. The van der Waals surface area contributed by atoms with E-state index in [1.54, 1.807) is 25.1 Å². The van der Waals surface area contributed by atoms with Crippen molar-refractivity contribution in [2.75, 3.05) is 12.8 Å². The van der Waals surface area contributed by atoms with Gasteiger partial charge in [-0.1, -0.05) is 6.92 Å². The Morgan fingerprint density at radius 3 is 2.69 bits per heavy atom. The highest BCUT2D eigenvalue weighted by Crippen LogP contribution is 2.26. The molecule has 5 nitrogen and oxygen atoms in total. The molecule has 0 heterocycles. The number of nitrogen functional groups attached to an aromatic ring is 1. The van der Waals surface area contributed by atoms with Crippen LogP contribution in [0.15, 0.2) is 18.2 Å². The zero-order chi connectivity index (χ0) is 12.1. The molecule has 88 valence electrons. The van der Waals surface area contributed by atoms with Gasteiger partial charge >= 0.3 is 5.97 Å². The van der Waals surface area contributed by atoms with Crippen molar-refractivity contribution in [3.63, 3.8) is 0 Å². The lowest BCUT2D eigenvalue weighted by Gasteiger charge is -2.14. The molecule has 0 spiro atoms. The minimum atomic E-state index is -0.989. The average molecular weight is 225 g/mol. The molecule has 1 aromatic carbocycles. The van der Waals surface area contributed by atoms with E-state index in [-0.39, 0.29) is 0 Å². The number of ether oxygens (including phenoxy) is 2. The van der Waals surface area contributed by atoms with Gasteiger partial charge in [-0.2, -0.15) is 0 Å². The maximum Gasteiger partial charge on any atom is 0.344 e. The van der Waals surface area contributed by atoms with Gasteiger partial charge in [0.05, 0.1) is 12.8 Å². The zero-order valence-electron chi connectivity index (χ0n) is 9.27. The van der Waals surface area contributed by atoms with E-state index in [0.717, 1.165) is 0 Å². The van der Waals surface area contributed by atoms with Crippen molar-refractivity contribution in [2.45, 2.75) is 19.4 Å². The van der Waals surface area contributed by atoms with E-state index in [2.05, 4.69) is 0 Å². The number of carbonyl (C=O) groups is 1. The van der Waals surface area contributed by atoms with Crippen molar-refractivity contribution in [3.05, 3.63) is 18.2 Å². The molecule has 5 heteroatoms. The Kier molecular flexibility index (Phi) is 3.99. The summed E-state index contributed by atoms with van der Waals surface area (Å²) < 4.78 is 10.3. The van der Waals surface area contributed by atoms with Gasteiger partial charge in [-0.3, -0.25) is 0 Å². The highest BCUT2D eigenvalue weighted by Gasteiger charge is 2.17. The van der Waals surface area contributed by atoms with E-state index in [0.29, 0.717) is 23.6 Å². The Balaban J connectivity index is 2.81. The van der Waals surface area contributed by atoms with Gasteiger partial charge in [0.15, 0.2) is 6.10 Å². The predicted molar refractivity (Wildman–Crippen MR) is 59.7 cm³/mol. The highest BCUT2D eigenvalue weighted by molar-refractivity contribution is 5.72. The molecular formula is C11H15NO4. The molecule has 1 atom stereocenters. The number of benzene rings is 1. The van der Waals surface area contributed by atoms with Crippen molar-refractivity contribution in [1.82, 2.24) is 0 Å². The lowest BCUT2D eigenvalue weighted by atomic mass is 10.2. The molecule has 0 radical (unpaired) electrons. The third-order valence-corrected chi connectivity index (χ3v) is 2.13. The normalized spacial score (nSPS) is 11.9. The fourth-order valence-corrected chi connectivity index (χ4v) is 1.26. The van der Waals surface area contributed by atoms with Crippen LogP contribution in [0.2, 0.25) is 0 Å². The van der Waals surface area contributed by atoms with Gasteiger partial charge in [0.2, 0.25) is 0 Å². The smallest absolute Gasteiger partial charge is 0.344 e. The number of aliphatic carboxylic acids is 1. The number of hydrogen-bond donors (Lipinski definition) is 2. The molecule has 1 unspecified atom stereocenters. The molecular weight excluding hydrogens is 210 g/mol. The SMILES string of the molecule is CCC(Oc1ccc(OC)c(N)c1)C(=O)O. The standard InChI is InChI=1S/C11H15NO4/c1-3-9(11(13)14)16-7-4-5-10(15-2)8(12)6-7/h4-6,9H,3,12H2,1-2H3,(H,13,14). The second-order valence-electron chi connectivity index (χ2n) is 3.26. The van der Waals surface area contributed by atoms with Gasteiger partial charge in [0.25, 0.3) is 0 Å². The van der Waals surface area contributed by atoms with E-state index in [4.69, 9.17) is 20.3 Å². The summed E-state index contributed by atoms with van der Waals surface area (Å²) in [6.45, 7) is 1.74. The van der Waals surface area contributed by atoms with E-state index in [1.165, 1.54) is 7.11 Å². The number of hydrogen-bond acceptors (Lipinski definition) is 4. The molecule has 1 rings (SSSR count). The van der Waals surface area contributed by atoms with Crippen molar-refractivity contribution < 1.29 is 19.4 Å². The van der Waals surface area contributed by atoms with Crippen molar-refractivity contribution >= 4 is 11.7 Å². The third kappa shape index (κ3) is 2.79. The molecule has 0 aliphatic rings. The number of carboxylic acids is 1. The Morgan fingerprint density at radius 1 is 1.56 bits per heavy atom. The summed E-state index contributed by atoms with van der Waals surface area (Å²) in [4.78, 5) is 10.8. The Bertz CT molecular complexity index is 378. The first-order valence-corrected chi connectivity index (χ1v) is 4.91. The Morgan fingerprint density at radius 2 is 2.25 bits per heavy atom. The van der Waals surface area contributed by atoms with E-state index in [9.17, 15) is 4.79 Å². The van der Waals surface area contributed by atoms with Crippen molar-refractivity contribution in [3.8, 4) is 11.5 Å². The molecule has 16 heavy (non-hydrogen) atoms. The number of methoxy groups -OCH3 is 1. The molecule has 3 N–H and O–H groups in total. The lowest BCUT2D eigenvalue weighted by Crippen LogP contribution is -2.25. The fraction of sp³-hybridized carbons (Fsp3) is 0.364. The minimum absolute atomic E-state index is 0.390. The summed E-state index contributed by atoms with van der Waals surface area (Å²) in [5.74, 6) is -0.0276. The molecule has 0 saturated heterocycles. The van der Waals surface area contributed by atoms with Gasteiger partial charge in [-0.15, -0.1) is 0 Å². The Labute approximate surface area is 93.8 Å². The van der Waals surface area contributed by atoms with Gasteiger partial charge in [0, 0.05) is 6.07 Å². The summed E-state index contributed by atoms with van der Waals surface area (Å²) in [7, 11) is 1.51. The van der Waals surface area contributed by atoms with Crippen LogP contribution < -0.4 is 15.2 Å². The zero-order valence-corrected chi connectivity index (χ0v) is 9.27. The van der Waals surface area contributed by atoms with Gasteiger partial charge in [0.1, 0.15) is 11.5 Å². The predicted octanol–water partition coefficient (Wildman–Crippen LogP) is 1.52. The van der Waals surface area contributed by atoms with Crippen LogP contribution in [-0.4, -0.2) is 24.3 Å². The number of anilines is 1. The number of rotatable bonds is 5. The van der Waals surface area contributed by atoms with E-state index in [1.807, 2.05) is 0 Å². The lowest BCUT2D eigenvalue weighted by molar-refractivity contribution is -0.145. The second-order valence-corrected chi connectivity index (χ2v) is 3.26. The first kappa shape index (κ1) is 12.2. The Hall–Kier alpha value is -1.91. The second kappa shape index (κ2) is 5.25. The van der Waals surface area contributed by atoms with Gasteiger partial charge in [-0.25, -0.2) is 4.79 Å². The molecule has 0 bridgehead atoms. The minimum Gasteiger partial charge on any atom is -0.495 e. The molecule has 0 amide bonds. The van der Waals surface area contributed by atoms with Crippen LogP contribution in [0.25, 0.3) is 0 Å². The van der Waals surface area contributed by atoms with Crippen LogP contribution in [0.3, 0.4) is 0 Å². The monoisotopic (exact) mass is 225 g/mol. The van der Waals surface area contributed by atoms with Crippen LogP contribution in [0.1, 0.15) is 13.3 Å². The maximum absolute atomic E-state index is 10.8. The molecule has 0 fully saturated rings. The summed E-state index contributed by atoms with van der Waals surface area (Å²) >= 11 is 0. The van der Waals surface area contributed by atoms with E-state index >= 15 is 0 Å².